The highest BCUT2D eigenvalue weighted by molar-refractivity contribution is 5.90. The maximum atomic E-state index is 12.4. The first-order valence-corrected chi connectivity index (χ1v) is 9.29. The molecule has 4 rings (SSSR count). The quantitative estimate of drug-likeness (QED) is 0.543. The molecule has 146 valence electrons. The molecule has 1 N–H and O–H groups in total. The second kappa shape index (κ2) is 8.05. The fourth-order valence-corrected chi connectivity index (χ4v) is 2.89. The van der Waals surface area contributed by atoms with Crippen LogP contribution in [0.1, 0.15) is 18.3 Å². The number of pyridine rings is 1. The van der Waals surface area contributed by atoms with Crippen molar-refractivity contribution in [3.63, 3.8) is 0 Å². The minimum atomic E-state index is -0.134. The summed E-state index contributed by atoms with van der Waals surface area (Å²) in [6, 6.07) is 11.5. The van der Waals surface area contributed by atoms with Gasteiger partial charge in [-0.1, -0.05) is 24.2 Å². The van der Waals surface area contributed by atoms with E-state index in [9.17, 15) is 4.79 Å². The molecule has 0 atom stereocenters. The largest absolute Gasteiger partial charge is 0.333 e. The van der Waals surface area contributed by atoms with Crippen molar-refractivity contribution in [3.8, 4) is 23.0 Å². The predicted octanol–water partition coefficient (Wildman–Crippen LogP) is 3.50. The van der Waals surface area contributed by atoms with Gasteiger partial charge < -0.3 is 14.4 Å². The Hall–Kier alpha value is -3.81. The van der Waals surface area contributed by atoms with Crippen molar-refractivity contribution < 1.29 is 9.32 Å². The van der Waals surface area contributed by atoms with Crippen molar-refractivity contribution in [3.05, 3.63) is 66.4 Å². The molecule has 0 unspecified atom stereocenters. The van der Waals surface area contributed by atoms with E-state index in [1.807, 2.05) is 37.3 Å². The van der Waals surface area contributed by atoms with Gasteiger partial charge in [0, 0.05) is 24.3 Å². The zero-order valence-corrected chi connectivity index (χ0v) is 16.2. The number of amides is 1. The van der Waals surface area contributed by atoms with Crippen LogP contribution in [-0.4, -0.2) is 30.6 Å². The van der Waals surface area contributed by atoms with E-state index in [0.29, 0.717) is 23.2 Å². The van der Waals surface area contributed by atoms with Crippen LogP contribution in [0.15, 0.2) is 59.5 Å². The Balaban J connectivity index is 1.46. The molecular weight excluding hydrogens is 368 g/mol. The Bertz CT molecular complexity index is 1120. The number of hydrogen-bond acceptors (Lipinski definition) is 6. The topological polar surface area (TPSA) is 98.7 Å². The van der Waals surface area contributed by atoms with Crippen LogP contribution in [0, 0.1) is 6.92 Å². The second-order valence-electron chi connectivity index (χ2n) is 6.56. The summed E-state index contributed by atoms with van der Waals surface area (Å²) in [5, 5.41) is 6.89. The van der Waals surface area contributed by atoms with Crippen molar-refractivity contribution in [2.75, 3.05) is 5.32 Å². The summed E-state index contributed by atoms with van der Waals surface area (Å²) in [6.45, 7) is 4.06. The second-order valence-corrected chi connectivity index (χ2v) is 6.56. The van der Waals surface area contributed by atoms with Crippen LogP contribution in [0.2, 0.25) is 0 Å². The fraction of sp³-hybridized carbons (Fsp3) is 0.190. The molecule has 8 nitrogen and oxygen atoms in total. The fourth-order valence-electron chi connectivity index (χ4n) is 2.89. The Morgan fingerprint density at radius 2 is 2.00 bits per heavy atom. The Kier molecular flexibility index (Phi) is 5.15. The van der Waals surface area contributed by atoms with Gasteiger partial charge in [-0.25, -0.2) is 4.98 Å². The van der Waals surface area contributed by atoms with Gasteiger partial charge in [0.1, 0.15) is 18.1 Å². The van der Waals surface area contributed by atoms with E-state index in [1.54, 1.807) is 29.2 Å². The molecule has 0 bridgehead atoms. The number of nitrogens with zero attached hydrogens (tertiary/aromatic N) is 5. The van der Waals surface area contributed by atoms with E-state index in [2.05, 4.69) is 32.3 Å². The normalized spacial score (nSPS) is 10.8. The van der Waals surface area contributed by atoms with Crippen LogP contribution >= 0.6 is 0 Å². The average Bonchev–Trinajstić information content (AvgIpc) is 3.37. The molecular formula is C21H20N6O2. The van der Waals surface area contributed by atoms with Gasteiger partial charge in [0.05, 0.1) is 5.56 Å². The van der Waals surface area contributed by atoms with Crippen molar-refractivity contribution in [1.82, 2.24) is 24.7 Å². The Morgan fingerprint density at radius 1 is 1.17 bits per heavy atom. The van der Waals surface area contributed by atoms with Gasteiger partial charge in [-0.15, -0.1) is 0 Å². The Morgan fingerprint density at radius 3 is 2.72 bits per heavy atom. The number of aromatic nitrogens is 5. The molecule has 1 aromatic carbocycles. The van der Waals surface area contributed by atoms with Crippen LogP contribution in [0.25, 0.3) is 23.0 Å². The highest BCUT2D eigenvalue weighted by atomic mass is 16.5. The SMILES string of the molecule is CCc1ccc(NC(=O)Cn2cc(-c3noc(-c4cccnc4)n3)nc2C)cc1. The van der Waals surface area contributed by atoms with Gasteiger partial charge in [-0.3, -0.25) is 9.78 Å². The Labute approximate surface area is 167 Å². The number of aryl methyl sites for hydroxylation is 2. The van der Waals surface area contributed by atoms with Gasteiger partial charge in [0.15, 0.2) is 0 Å². The number of carbonyl (C=O) groups is 1. The molecule has 8 heteroatoms. The number of imidazole rings is 1. The summed E-state index contributed by atoms with van der Waals surface area (Å²) in [7, 11) is 0. The van der Waals surface area contributed by atoms with Crippen LogP contribution in [0.4, 0.5) is 5.69 Å². The summed E-state index contributed by atoms with van der Waals surface area (Å²) in [6.07, 6.45) is 6.03. The predicted molar refractivity (Wildman–Crippen MR) is 108 cm³/mol. The van der Waals surface area contributed by atoms with Gasteiger partial charge in [0.25, 0.3) is 5.89 Å². The maximum absolute atomic E-state index is 12.4. The number of anilines is 1. The highest BCUT2D eigenvalue weighted by Crippen LogP contribution is 2.21. The molecule has 29 heavy (non-hydrogen) atoms. The van der Waals surface area contributed by atoms with Crippen LogP contribution in [0.3, 0.4) is 0 Å². The molecule has 3 aromatic heterocycles. The van der Waals surface area contributed by atoms with Crippen molar-refractivity contribution in [2.45, 2.75) is 26.8 Å². The molecule has 0 fully saturated rings. The third-order valence-corrected chi connectivity index (χ3v) is 4.50. The zero-order chi connectivity index (χ0) is 20.2. The smallest absolute Gasteiger partial charge is 0.259 e. The summed E-state index contributed by atoms with van der Waals surface area (Å²) >= 11 is 0. The van der Waals surface area contributed by atoms with E-state index >= 15 is 0 Å². The number of rotatable bonds is 6. The first kappa shape index (κ1) is 18.5. The average molecular weight is 388 g/mol. The number of benzene rings is 1. The molecule has 0 aliphatic rings. The lowest BCUT2D eigenvalue weighted by Gasteiger charge is -2.07. The third-order valence-electron chi connectivity index (χ3n) is 4.50. The lowest BCUT2D eigenvalue weighted by atomic mass is 10.1. The molecule has 0 saturated heterocycles. The zero-order valence-electron chi connectivity index (χ0n) is 16.2. The van der Waals surface area contributed by atoms with Crippen molar-refractivity contribution in [2.24, 2.45) is 0 Å². The third kappa shape index (κ3) is 4.21. The molecule has 0 aliphatic carbocycles. The van der Waals surface area contributed by atoms with E-state index in [1.165, 1.54) is 5.56 Å². The van der Waals surface area contributed by atoms with E-state index in [4.69, 9.17) is 4.52 Å². The number of hydrogen-bond donors (Lipinski definition) is 1. The van der Waals surface area contributed by atoms with Crippen LogP contribution in [-0.2, 0) is 17.8 Å². The van der Waals surface area contributed by atoms with Crippen molar-refractivity contribution in [1.29, 1.82) is 0 Å². The summed E-state index contributed by atoms with van der Waals surface area (Å²) in [4.78, 5) is 25.3. The number of carbonyl (C=O) groups excluding carboxylic acids is 1. The van der Waals surface area contributed by atoms with E-state index in [-0.39, 0.29) is 12.5 Å². The lowest BCUT2D eigenvalue weighted by Crippen LogP contribution is -2.19. The molecule has 0 radical (unpaired) electrons. The van der Waals surface area contributed by atoms with Crippen LogP contribution in [0.5, 0.6) is 0 Å². The summed E-state index contributed by atoms with van der Waals surface area (Å²) in [5.41, 5.74) is 3.27. The minimum Gasteiger partial charge on any atom is -0.333 e. The summed E-state index contributed by atoms with van der Waals surface area (Å²) < 4.78 is 7.06. The monoisotopic (exact) mass is 388 g/mol. The molecule has 4 aromatic rings. The lowest BCUT2D eigenvalue weighted by molar-refractivity contribution is -0.116. The molecule has 3 heterocycles. The minimum absolute atomic E-state index is 0.134. The van der Waals surface area contributed by atoms with Crippen LogP contribution < -0.4 is 5.32 Å². The maximum Gasteiger partial charge on any atom is 0.259 e. The first-order chi connectivity index (χ1) is 14.1. The first-order valence-electron chi connectivity index (χ1n) is 9.29. The molecule has 0 aliphatic heterocycles. The highest BCUT2D eigenvalue weighted by Gasteiger charge is 2.16. The molecule has 1 amide bonds. The summed E-state index contributed by atoms with van der Waals surface area (Å²) in [5.74, 6) is 1.28. The van der Waals surface area contributed by atoms with Crippen molar-refractivity contribution >= 4 is 11.6 Å². The standard InChI is InChI=1S/C21H20N6O2/c1-3-15-6-8-17(9-7-15)24-19(28)13-27-12-18(23-14(27)2)20-25-21(29-26-20)16-5-4-10-22-11-16/h4-12H,3,13H2,1-2H3,(H,24,28). The van der Waals surface area contributed by atoms with Gasteiger partial charge in [0.2, 0.25) is 11.7 Å². The van der Waals surface area contributed by atoms with Gasteiger partial charge >= 0.3 is 0 Å². The number of nitrogens with one attached hydrogen (secondary N) is 1. The van der Waals surface area contributed by atoms with Gasteiger partial charge in [-0.2, -0.15) is 4.98 Å². The molecule has 0 saturated carbocycles. The van der Waals surface area contributed by atoms with Gasteiger partial charge in [-0.05, 0) is 43.2 Å². The van der Waals surface area contributed by atoms with E-state index < -0.39 is 0 Å². The van der Waals surface area contributed by atoms with E-state index in [0.717, 1.165) is 17.7 Å². The molecule has 0 spiro atoms.